The van der Waals surface area contributed by atoms with E-state index < -0.39 is 77.9 Å². The molecule has 5 amide bonds. The third-order valence-electron chi connectivity index (χ3n) is 9.10. The van der Waals surface area contributed by atoms with Gasteiger partial charge < -0.3 is 41.2 Å². The van der Waals surface area contributed by atoms with Crippen LogP contribution >= 0.6 is 0 Å². The number of alkyl carbamates (subject to hydrolysis) is 1. The molecule has 55 heavy (non-hydrogen) atoms. The Bertz CT molecular complexity index is 1540. The molecule has 304 valence electrons. The van der Waals surface area contributed by atoms with Crippen molar-refractivity contribution in [3.05, 3.63) is 71.8 Å². The summed E-state index contributed by atoms with van der Waals surface area (Å²) in [6.07, 6.45) is -1.45. The van der Waals surface area contributed by atoms with Crippen molar-refractivity contribution in [2.75, 3.05) is 7.11 Å². The number of nitrogens with one attached hydrogen (secondary N) is 5. The van der Waals surface area contributed by atoms with Crippen molar-refractivity contribution in [3.8, 4) is 0 Å². The first-order valence-electron chi connectivity index (χ1n) is 18.9. The van der Waals surface area contributed by atoms with Crippen molar-refractivity contribution in [2.24, 2.45) is 23.7 Å². The van der Waals surface area contributed by atoms with Crippen LogP contribution in [0, 0.1) is 23.7 Å². The van der Waals surface area contributed by atoms with Gasteiger partial charge in [-0.1, -0.05) is 102 Å². The fraction of sp³-hybridized carbons (Fsp3) is 0.561. The zero-order valence-electron chi connectivity index (χ0n) is 33.6. The molecular weight excluding hydrogens is 706 g/mol. The summed E-state index contributed by atoms with van der Waals surface area (Å²) in [5, 5.41) is 25.1. The second-order valence-corrected chi connectivity index (χ2v) is 15.1. The number of esters is 1. The van der Waals surface area contributed by atoms with E-state index in [1.807, 2.05) is 62.4 Å². The van der Waals surface area contributed by atoms with Gasteiger partial charge >= 0.3 is 12.1 Å². The van der Waals surface area contributed by atoms with E-state index in [1.165, 1.54) is 21.0 Å². The molecule has 6 N–H and O–H groups in total. The van der Waals surface area contributed by atoms with Crippen molar-refractivity contribution >= 4 is 35.7 Å². The fourth-order valence-corrected chi connectivity index (χ4v) is 5.88. The van der Waals surface area contributed by atoms with Crippen LogP contribution in [-0.2, 0) is 46.5 Å². The maximum atomic E-state index is 13.9. The Morgan fingerprint density at radius 1 is 0.600 bits per heavy atom. The Hall–Kier alpha value is -4.98. The number of ether oxygens (including phenoxy) is 2. The Labute approximate surface area is 325 Å². The zero-order chi connectivity index (χ0) is 41.2. The van der Waals surface area contributed by atoms with Crippen LogP contribution < -0.4 is 26.6 Å². The topological polar surface area (TPSA) is 201 Å². The first-order valence-corrected chi connectivity index (χ1v) is 18.9. The molecule has 4 unspecified atom stereocenters. The zero-order valence-corrected chi connectivity index (χ0v) is 33.6. The minimum atomic E-state index is -1.21. The average Bonchev–Trinajstić information content (AvgIpc) is 3.14. The number of hydrogen-bond donors (Lipinski definition) is 6. The maximum absolute atomic E-state index is 13.9. The molecule has 0 bridgehead atoms. The smallest absolute Gasteiger partial charge is 0.408 e. The van der Waals surface area contributed by atoms with Gasteiger partial charge in [-0.15, -0.1) is 0 Å². The number of rotatable bonds is 21. The Balaban J connectivity index is 2.17. The highest BCUT2D eigenvalue weighted by atomic mass is 16.5. The summed E-state index contributed by atoms with van der Waals surface area (Å²) in [4.78, 5) is 78.3. The molecule has 2 aromatic rings. The molecule has 0 aliphatic rings. The number of hydrogen-bond acceptors (Lipinski definition) is 9. The molecule has 0 spiro atoms. The summed E-state index contributed by atoms with van der Waals surface area (Å²) in [5.74, 6) is -4.07. The molecule has 0 aliphatic heterocycles. The first-order chi connectivity index (χ1) is 25.9. The molecule has 0 aromatic heterocycles. The van der Waals surface area contributed by atoms with Gasteiger partial charge in [0.2, 0.25) is 23.6 Å². The lowest BCUT2D eigenvalue weighted by Crippen LogP contribution is -2.56. The standard InChI is InChI=1S/C41H61N5O9/c1-24(2)20-31(38(50)45-34(25(3)4)39(51)46-35(26(5)6)40(52)54-9)22-33(47)32(21-29-16-12-10-13-17-29)44-37(49)27(7)42-36(48)28(8)43-41(53)55-23-30-18-14-11-15-19-30/h10-19,24-28,31-35,47H,20-23H2,1-9H3,(H,42,48)(H,43,53)(H,44,49)(H,45,50)(H,46,51)/t27-,28-,31?,32?,33?,34?,35-/m0/s1. The summed E-state index contributed by atoms with van der Waals surface area (Å²) >= 11 is 0. The monoisotopic (exact) mass is 767 g/mol. The molecule has 7 atom stereocenters. The van der Waals surface area contributed by atoms with E-state index >= 15 is 0 Å². The summed E-state index contributed by atoms with van der Waals surface area (Å²) in [5.41, 5.74) is 1.60. The van der Waals surface area contributed by atoms with Crippen LogP contribution in [0.15, 0.2) is 60.7 Å². The summed E-state index contributed by atoms with van der Waals surface area (Å²) in [7, 11) is 1.24. The number of methoxy groups -OCH3 is 1. The molecule has 0 fully saturated rings. The van der Waals surface area contributed by atoms with Gasteiger partial charge in [0.05, 0.1) is 19.3 Å². The van der Waals surface area contributed by atoms with Crippen LogP contribution in [0.1, 0.15) is 79.4 Å². The second-order valence-electron chi connectivity index (χ2n) is 15.1. The van der Waals surface area contributed by atoms with Crippen LogP contribution in [0.4, 0.5) is 4.79 Å². The highest BCUT2D eigenvalue weighted by molar-refractivity contribution is 5.92. The van der Waals surface area contributed by atoms with Crippen molar-refractivity contribution in [3.63, 3.8) is 0 Å². The third kappa shape index (κ3) is 16.1. The predicted octanol–water partition coefficient (Wildman–Crippen LogP) is 3.40. The molecule has 14 nitrogen and oxygen atoms in total. The van der Waals surface area contributed by atoms with Crippen LogP contribution in [0.25, 0.3) is 0 Å². The predicted molar refractivity (Wildman–Crippen MR) is 208 cm³/mol. The Kier molecular flexibility index (Phi) is 19.4. The first kappa shape index (κ1) is 46.2. The molecule has 2 rings (SSSR count). The van der Waals surface area contributed by atoms with Gasteiger partial charge in [0.1, 0.15) is 30.8 Å². The minimum Gasteiger partial charge on any atom is -0.467 e. The van der Waals surface area contributed by atoms with Crippen molar-refractivity contribution in [1.82, 2.24) is 26.6 Å². The quantitative estimate of drug-likeness (QED) is 0.103. The maximum Gasteiger partial charge on any atom is 0.408 e. The number of amides is 5. The number of aliphatic hydroxyl groups excluding tert-OH is 1. The van der Waals surface area contributed by atoms with Gasteiger partial charge in [-0.3, -0.25) is 19.2 Å². The Morgan fingerprint density at radius 2 is 1.11 bits per heavy atom. The van der Waals surface area contributed by atoms with Crippen LogP contribution in [0.3, 0.4) is 0 Å². The van der Waals surface area contributed by atoms with Crippen LogP contribution in [0.2, 0.25) is 0 Å². The molecular formula is C41H61N5O9. The Morgan fingerprint density at radius 3 is 1.64 bits per heavy atom. The molecule has 0 radical (unpaired) electrons. The molecule has 14 heteroatoms. The normalized spacial score (nSPS) is 15.1. The van der Waals surface area contributed by atoms with Gasteiger partial charge in [-0.2, -0.15) is 0 Å². The van der Waals surface area contributed by atoms with Gasteiger partial charge in [-0.05, 0) is 62.0 Å². The van der Waals surface area contributed by atoms with Gasteiger partial charge in [0.25, 0.3) is 0 Å². The van der Waals surface area contributed by atoms with Crippen LogP contribution in [0.5, 0.6) is 0 Å². The number of carbonyl (C=O) groups is 6. The average molecular weight is 768 g/mol. The van der Waals surface area contributed by atoms with Gasteiger partial charge in [0.15, 0.2) is 0 Å². The van der Waals surface area contributed by atoms with Gasteiger partial charge in [-0.25, -0.2) is 9.59 Å². The summed E-state index contributed by atoms with van der Waals surface area (Å²) in [6.45, 7) is 13.9. The third-order valence-corrected chi connectivity index (χ3v) is 9.10. The minimum absolute atomic E-state index is 0.0219. The molecule has 0 heterocycles. The number of benzene rings is 2. The summed E-state index contributed by atoms with van der Waals surface area (Å²) in [6, 6.07) is 13.5. The molecule has 0 saturated heterocycles. The van der Waals surface area contributed by atoms with Crippen LogP contribution in [-0.4, -0.2) is 84.2 Å². The number of aliphatic hydroxyl groups is 1. The van der Waals surface area contributed by atoms with E-state index in [1.54, 1.807) is 39.8 Å². The second kappa shape index (κ2) is 23.1. The summed E-state index contributed by atoms with van der Waals surface area (Å²) < 4.78 is 10.0. The van der Waals surface area contributed by atoms with Crippen molar-refractivity contribution in [2.45, 2.75) is 118 Å². The largest absolute Gasteiger partial charge is 0.467 e. The molecule has 2 aromatic carbocycles. The van der Waals surface area contributed by atoms with E-state index in [0.29, 0.717) is 6.42 Å². The van der Waals surface area contributed by atoms with Gasteiger partial charge in [0, 0.05) is 5.92 Å². The van der Waals surface area contributed by atoms with E-state index in [0.717, 1.165) is 11.1 Å². The molecule has 0 saturated carbocycles. The van der Waals surface area contributed by atoms with E-state index in [4.69, 9.17) is 9.47 Å². The highest BCUT2D eigenvalue weighted by Crippen LogP contribution is 2.22. The van der Waals surface area contributed by atoms with Crippen molar-refractivity contribution < 1.29 is 43.3 Å². The fourth-order valence-electron chi connectivity index (χ4n) is 5.88. The van der Waals surface area contributed by atoms with E-state index in [2.05, 4.69) is 26.6 Å². The lowest BCUT2D eigenvalue weighted by molar-refractivity contribution is -0.147. The lowest BCUT2D eigenvalue weighted by atomic mass is 9.87. The van der Waals surface area contributed by atoms with E-state index in [-0.39, 0.29) is 37.2 Å². The highest BCUT2D eigenvalue weighted by Gasteiger charge is 2.35. The number of carbonyl (C=O) groups excluding carboxylic acids is 6. The van der Waals surface area contributed by atoms with Crippen molar-refractivity contribution in [1.29, 1.82) is 0 Å². The SMILES string of the molecule is COC(=O)[C@@H](NC(=O)C(NC(=O)C(CC(C)C)CC(O)C(Cc1ccccc1)NC(=O)[C@H](C)NC(=O)[C@H](C)NC(=O)OCc1ccccc1)C(C)C)C(C)C. The molecule has 0 aliphatic carbocycles. The van der Waals surface area contributed by atoms with E-state index in [9.17, 15) is 33.9 Å². The lowest BCUT2D eigenvalue weighted by Gasteiger charge is -2.31.